The molecule has 0 aliphatic rings. The lowest BCUT2D eigenvalue weighted by molar-refractivity contribution is -0.127. The van der Waals surface area contributed by atoms with Gasteiger partial charge in [-0.3, -0.25) is 15.6 Å². The Bertz CT molecular complexity index is 436. The van der Waals surface area contributed by atoms with Gasteiger partial charge in [0.05, 0.1) is 7.11 Å². The number of amides is 1. The minimum absolute atomic E-state index is 0.324. The fraction of sp³-hybridized carbons (Fsp3) is 0.333. The largest absolute Gasteiger partial charge is 0.497 e. The molecule has 0 aliphatic heterocycles. The summed E-state index contributed by atoms with van der Waals surface area (Å²) in [7, 11) is 3.24. The van der Waals surface area contributed by atoms with Crippen LogP contribution in [0.4, 0.5) is 0 Å². The van der Waals surface area contributed by atoms with Crippen LogP contribution in [0.25, 0.3) is 0 Å². The monoisotopic (exact) mass is 283 g/mol. The van der Waals surface area contributed by atoms with Gasteiger partial charge in [-0.05, 0) is 43.4 Å². The number of benzene rings is 1. The van der Waals surface area contributed by atoms with Gasteiger partial charge in [0.2, 0.25) is 0 Å². The topological polar surface area (TPSA) is 71.6 Å². The molecule has 0 spiro atoms. The van der Waals surface area contributed by atoms with E-state index in [0.29, 0.717) is 10.9 Å². The van der Waals surface area contributed by atoms with Gasteiger partial charge in [-0.2, -0.15) is 0 Å². The Kier molecular flexibility index (Phi) is 5.87. The summed E-state index contributed by atoms with van der Waals surface area (Å²) in [6.07, 6.45) is -0.652. The third kappa shape index (κ3) is 5.01. The maximum Gasteiger partial charge on any atom is 0.279 e. The van der Waals surface area contributed by atoms with E-state index >= 15 is 0 Å². The van der Waals surface area contributed by atoms with Gasteiger partial charge >= 0.3 is 0 Å². The summed E-state index contributed by atoms with van der Waals surface area (Å²) in [5, 5.41) is 3.00. The average Bonchev–Trinajstić information content (AvgIpc) is 2.44. The fourth-order valence-electron chi connectivity index (χ4n) is 1.19. The Labute approximate surface area is 117 Å². The first kappa shape index (κ1) is 15.0. The van der Waals surface area contributed by atoms with E-state index in [2.05, 4.69) is 16.2 Å². The van der Waals surface area contributed by atoms with Crippen molar-refractivity contribution in [1.29, 1.82) is 0 Å². The van der Waals surface area contributed by atoms with Crippen LogP contribution in [0.3, 0.4) is 0 Å². The molecule has 1 aromatic carbocycles. The third-order valence-electron chi connectivity index (χ3n) is 2.27. The number of ether oxygens (including phenoxy) is 2. The molecule has 0 heterocycles. The van der Waals surface area contributed by atoms with Gasteiger partial charge in [0, 0.05) is 7.05 Å². The zero-order valence-electron chi connectivity index (χ0n) is 11.0. The van der Waals surface area contributed by atoms with Crippen LogP contribution in [-0.2, 0) is 4.79 Å². The van der Waals surface area contributed by atoms with Crippen molar-refractivity contribution in [2.45, 2.75) is 13.0 Å². The average molecular weight is 283 g/mol. The van der Waals surface area contributed by atoms with Crippen LogP contribution in [0.5, 0.6) is 11.5 Å². The van der Waals surface area contributed by atoms with Gasteiger partial charge in [0.1, 0.15) is 11.5 Å². The molecular weight excluding hydrogens is 266 g/mol. The molecule has 1 amide bonds. The SMILES string of the molecule is CNC(=S)NNC(=O)[C@H](C)Oc1ccc(OC)cc1. The molecule has 0 saturated heterocycles. The van der Waals surface area contributed by atoms with Crippen molar-refractivity contribution in [2.75, 3.05) is 14.2 Å². The van der Waals surface area contributed by atoms with Crippen LogP contribution in [0.2, 0.25) is 0 Å². The number of rotatable bonds is 4. The van der Waals surface area contributed by atoms with Gasteiger partial charge in [-0.15, -0.1) is 0 Å². The first-order valence-electron chi connectivity index (χ1n) is 5.65. The predicted octanol–water partition coefficient (Wildman–Crippen LogP) is 0.588. The van der Waals surface area contributed by atoms with Crippen molar-refractivity contribution in [2.24, 2.45) is 0 Å². The van der Waals surface area contributed by atoms with E-state index in [1.165, 1.54) is 0 Å². The molecule has 1 atom stereocenters. The molecule has 7 heteroatoms. The molecule has 0 unspecified atom stereocenters. The van der Waals surface area contributed by atoms with Crippen LogP contribution >= 0.6 is 12.2 Å². The summed E-state index contributed by atoms with van der Waals surface area (Å²) in [5.41, 5.74) is 4.97. The lowest BCUT2D eigenvalue weighted by atomic mass is 10.3. The summed E-state index contributed by atoms with van der Waals surface area (Å²) < 4.78 is 10.5. The summed E-state index contributed by atoms with van der Waals surface area (Å²) in [5.74, 6) is 0.985. The minimum Gasteiger partial charge on any atom is -0.497 e. The highest BCUT2D eigenvalue weighted by atomic mass is 32.1. The van der Waals surface area contributed by atoms with E-state index < -0.39 is 6.10 Å². The summed E-state index contributed by atoms with van der Waals surface area (Å²) in [6, 6.07) is 6.98. The van der Waals surface area contributed by atoms with E-state index in [1.807, 2.05) is 0 Å². The maximum atomic E-state index is 11.7. The number of nitrogens with one attached hydrogen (secondary N) is 3. The van der Waals surface area contributed by atoms with Crippen molar-refractivity contribution in [3.63, 3.8) is 0 Å². The van der Waals surface area contributed by atoms with Gasteiger partial charge in [-0.1, -0.05) is 0 Å². The predicted molar refractivity (Wildman–Crippen MR) is 76.0 cm³/mol. The van der Waals surface area contributed by atoms with Crippen LogP contribution in [-0.4, -0.2) is 31.3 Å². The van der Waals surface area contributed by atoms with Gasteiger partial charge in [-0.25, -0.2) is 0 Å². The minimum atomic E-state index is -0.652. The van der Waals surface area contributed by atoms with Crippen LogP contribution in [0, 0.1) is 0 Å². The maximum absolute atomic E-state index is 11.7. The molecule has 104 valence electrons. The Morgan fingerprint density at radius 1 is 1.21 bits per heavy atom. The second-order valence-corrected chi connectivity index (χ2v) is 4.04. The molecule has 6 nitrogen and oxygen atoms in total. The molecule has 0 fully saturated rings. The van der Waals surface area contributed by atoms with Gasteiger partial charge < -0.3 is 14.8 Å². The Hall–Kier alpha value is -2.02. The highest BCUT2D eigenvalue weighted by Crippen LogP contribution is 2.18. The van der Waals surface area contributed by atoms with Crippen molar-refractivity contribution in [3.05, 3.63) is 24.3 Å². The van der Waals surface area contributed by atoms with Crippen molar-refractivity contribution >= 4 is 23.2 Å². The number of hydrogen-bond donors (Lipinski definition) is 3. The lowest BCUT2D eigenvalue weighted by Crippen LogP contribution is -2.49. The number of hydrazine groups is 1. The molecule has 3 N–H and O–H groups in total. The fourth-order valence-corrected chi connectivity index (χ4v) is 1.25. The highest BCUT2D eigenvalue weighted by molar-refractivity contribution is 7.80. The lowest BCUT2D eigenvalue weighted by Gasteiger charge is -2.15. The van der Waals surface area contributed by atoms with E-state index in [4.69, 9.17) is 21.7 Å². The Morgan fingerprint density at radius 2 is 1.79 bits per heavy atom. The second kappa shape index (κ2) is 7.42. The van der Waals surface area contributed by atoms with E-state index in [1.54, 1.807) is 45.3 Å². The van der Waals surface area contributed by atoms with E-state index in [9.17, 15) is 4.79 Å². The normalized spacial score (nSPS) is 11.1. The molecule has 1 aromatic rings. The standard InChI is InChI=1S/C12H17N3O3S/c1-8(11(16)14-15-12(19)13-2)18-10-6-4-9(17-3)5-7-10/h4-8H,1-3H3,(H,14,16)(H2,13,15,19)/t8-/m0/s1. The van der Waals surface area contributed by atoms with Crippen LogP contribution in [0.15, 0.2) is 24.3 Å². The Morgan fingerprint density at radius 3 is 2.32 bits per heavy atom. The number of thiocarbonyl (C=S) groups is 1. The van der Waals surface area contributed by atoms with Crippen LogP contribution < -0.4 is 25.6 Å². The molecule has 0 bridgehead atoms. The van der Waals surface area contributed by atoms with E-state index in [-0.39, 0.29) is 5.91 Å². The molecule has 0 aromatic heterocycles. The summed E-state index contributed by atoms with van der Waals surface area (Å²) >= 11 is 4.83. The van der Waals surface area contributed by atoms with Crippen molar-refractivity contribution < 1.29 is 14.3 Å². The first-order valence-corrected chi connectivity index (χ1v) is 6.06. The second-order valence-electron chi connectivity index (χ2n) is 3.63. The number of carbonyl (C=O) groups is 1. The number of hydrogen-bond acceptors (Lipinski definition) is 4. The number of methoxy groups -OCH3 is 1. The molecule has 0 aliphatic carbocycles. The molecule has 1 rings (SSSR count). The quantitative estimate of drug-likeness (QED) is 0.555. The van der Waals surface area contributed by atoms with Crippen molar-refractivity contribution in [1.82, 2.24) is 16.2 Å². The smallest absolute Gasteiger partial charge is 0.279 e. The van der Waals surface area contributed by atoms with E-state index in [0.717, 1.165) is 5.75 Å². The molecule has 0 radical (unpaired) electrons. The summed E-state index contributed by atoms with van der Waals surface area (Å²) in [6.45, 7) is 1.64. The Balaban J connectivity index is 2.46. The van der Waals surface area contributed by atoms with Gasteiger partial charge in [0.15, 0.2) is 11.2 Å². The molecular formula is C12H17N3O3S. The number of carbonyl (C=O) groups excluding carboxylic acids is 1. The zero-order valence-corrected chi connectivity index (χ0v) is 11.8. The molecule has 19 heavy (non-hydrogen) atoms. The zero-order chi connectivity index (χ0) is 14.3. The van der Waals surface area contributed by atoms with Crippen LogP contribution in [0.1, 0.15) is 6.92 Å². The third-order valence-corrected chi connectivity index (χ3v) is 2.57. The first-order chi connectivity index (χ1) is 9.06. The molecule has 0 saturated carbocycles. The summed E-state index contributed by atoms with van der Waals surface area (Å²) in [4.78, 5) is 11.7. The van der Waals surface area contributed by atoms with Gasteiger partial charge in [0.25, 0.3) is 5.91 Å². The highest BCUT2D eigenvalue weighted by Gasteiger charge is 2.14. The van der Waals surface area contributed by atoms with Crippen molar-refractivity contribution in [3.8, 4) is 11.5 Å².